The Kier molecular flexibility index (Phi) is 7.03. The molecule has 1 fully saturated rings. The molecule has 3 unspecified atom stereocenters. The normalized spacial score (nSPS) is 19.9. The molecule has 0 aliphatic carbocycles. The van der Waals surface area contributed by atoms with Gasteiger partial charge in [-0.05, 0) is 31.4 Å². The number of nitrogens with zero attached hydrogens (tertiary/aromatic N) is 1. The molecule has 1 saturated heterocycles. The molecule has 3 atom stereocenters. The Morgan fingerprint density at radius 3 is 2.57 bits per heavy atom. The van der Waals surface area contributed by atoms with Crippen LogP contribution in [0.3, 0.4) is 0 Å². The Bertz CT molecular complexity index is 547. The standard InChI is InChI=1S/C17H25N3O2.ClH/c1-4-12(3)15(18)16(21)19-14-9-10-20(17(14)22)13-7-5-11(2)6-8-13;/h5-8,12,14-15H,4,9-10,18H2,1-3H3,(H,19,21);1H. The predicted molar refractivity (Wildman–Crippen MR) is 94.8 cm³/mol. The minimum Gasteiger partial charge on any atom is -0.343 e. The molecule has 0 radical (unpaired) electrons. The number of anilines is 1. The minimum absolute atomic E-state index is 0. The molecule has 3 N–H and O–H groups in total. The fourth-order valence-corrected chi connectivity index (χ4v) is 2.58. The third-order valence-electron chi connectivity index (χ3n) is 4.43. The lowest BCUT2D eigenvalue weighted by Gasteiger charge is -2.21. The summed E-state index contributed by atoms with van der Waals surface area (Å²) in [5.74, 6) is -0.197. The molecule has 0 spiro atoms. The Labute approximate surface area is 144 Å². The molecular weight excluding hydrogens is 314 g/mol. The average Bonchev–Trinajstić information content (AvgIpc) is 2.87. The van der Waals surface area contributed by atoms with Gasteiger partial charge in [-0.15, -0.1) is 12.4 Å². The summed E-state index contributed by atoms with van der Waals surface area (Å²) in [6, 6.07) is 6.79. The van der Waals surface area contributed by atoms with Gasteiger partial charge in [-0.3, -0.25) is 9.59 Å². The number of hydrogen-bond donors (Lipinski definition) is 2. The van der Waals surface area contributed by atoms with Crippen LogP contribution in [-0.2, 0) is 9.59 Å². The van der Waals surface area contributed by atoms with E-state index in [1.807, 2.05) is 45.0 Å². The number of nitrogens with two attached hydrogens (primary N) is 1. The van der Waals surface area contributed by atoms with Crippen LogP contribution in [0.4, 0.5) is 5.69 Å². The summed E-state index contributed by atoms with van der Waals surface area (Å²) in [5, 5.41) is 2.80. The fourth-order valence-electron chi connectivity index (χ4n) is 2.58. The first-order valence-corrected chi connectivity index (χ1v) is 7.88. The van der Waals surface area contributed by atoms with Crippen LogP contribution in [0.25, 0.3) is 0 Å². The van der Waals surface area contributed by atoms with Gasteiger partial charge < -0.3 is 16.0 Å². The van der Waals surface area contributed by atoms with Gasteiger partial charge >= 0.3 is 0 Å². The summed E-state index contributed by atoms with van der Waals surface area (Å²) >= 11 is 0. The molecule has 0 saturated carbocycles. The molecule has 6 heteroatoms. The van der Waals surface area contributed by atoms with E-state index in [0.29, 0.717) is 13.0 Å². The maximum Gasteiger partial charge on any atom is 0.249 e. The van der Waals surface area contributed by atoms with Gasteiger partial charge in [0, 0.05) is 12.2 Å². The minimum atomic E-state index is -0.564. The van der Waals surface area contributed by atoms with Gasteiger partial charge in [-0.2, -0.15) is 0 Å². The second-order valence-electron chi connectivity index (χ2n) is 6.09. The van der Waals surface area contributed by atoms with Crippen molar-refractivity contribution in [1.29, 1.82) is 0 Å². The van der Waals surface area contributed by atoms with E-state index in [9.17, 15) is 9.59 Å². The third-order valence-corrected chi connectivity index (χ3v) is 4.43. The summed E-state index contributed by atoms with van der Waals surface area (Å²) in [7, 11) is 0. The van der Waals surface area contributed by atoms with Gasteiger partial charge in [-0.1, -0.05) is 38.0 Å². The number of rotatable bonds is 5. The molecular formula is C17H26ClN3O2. The molecule has 23 heavy (non-hydrogen) atoms. The zero-order chi connectivity index (χ0) is 16.3. The van der Waals surface area contributed by atoms with E-state index in [1.165, 1.54) is 0 Å². The smallest absolute Gasteiger partial charge is 0.249 e. The van der Waals surface area contributed by atoms with Crippen molar-refractivity contribution in [3.05, 3.63) is 29.8 Å². The molecule has 1 heterocycles. The Hall–Kier alpha value is -1.59. The highest BCUT2D eigenvalue weighted by Crippen LogP contribution is 2.22. The van der Waals surface area contributed by atoms with Crippen LogP contribution in [0.1, 0.15) is 32.3 Å². The van der Waals surface area contributed by atoms with Crippen LogP contribution in [0.15, 0.2) is 24.3 Å². The lowest BCUT2D eigenvalue weighted by atomic mass is 9.99. The lowest BCUT2D eigenvalue weighted by molar-refractivity contribution is -0.128. The Balaban J connectivity index is 0.00000264. The number of carbonyl (C=O) groups is 2. The summed E-state index contributed by atoms with van der Waals surface area (Å²) in [4.78, 5) is 26.3. The van der Waals surface area contributed by atoms with Crippen LogP contribution in [-0.4, -0.2) is 30.4 Å². The quantitative estimate of drug-likeness (QED) is 0.861. The molecule has 1 aliphatic rings. The summed E-state index contributed by atoms with van der Waals surface area (Å²) in [6.45, 7) is 6.57. The fraction of sp³-hybridized carbons (Fsp3) is 0.529. The topological polar surface area (TPSA) is 75.4 Å². The zero-order valence-corrected chi connectivity index (χ0v) is 14.7. The van der Waals surface area contributed by atoms with Gasteiger partial charge in [0.25, 0.3) is 0 Å². The SMILES string of the molecule is CCC(C)C(N)C(=O)NC1CCN(c2ccc(C)cc2)C1=O.Cl. The van der Waals surface area contributed by atoms with E-state index in [1.54, 1.807) is 4.90 Å². The molecule has 1 aromatic carbocycles. The number of carbonyl (C=O) groups excluding carboxylic acids is 2. The highest BCUT2D eigenvalue weighted by molar-refractivity contribution is 6.01. The number of halogens is 1. The van der Waals surface area contributed by atoms with Gasteiger partial charge in [0.2, 0.25) is 11.8 Å². The van der Waals surface area contributed by atoms with Crippen LogP contribution >= 0.6 is 12.4 Å². The molecule has 1 aliphatic heterocycles. The van der Waals surface area contributed by atoms with E-state index in [4.69, 9.17) is 5.73 Å². The lowest BCUT2D eigenvalue weighted by Crippen LogP contribution is -2.50. The Morgan fingerprint density at radius 1 is 1.39 bits per heavy atom. The second kappa shape index (κ2) is 8.31. The summed E-state index contributed by atoms with van der Waals surface area (Å²) in [5.41, 5.74) is 7.95. The number of benzene rings is 1. The summed E-state index contributed by atoms with van der Waals surface area (Å²) < 4.78 is 0. The number of hydrogen-bond acceptors (Lipinski definition) is 3. The molecule has 0 aromatic heterocycles. The summed E-state index contributed by atoms with van der Waals surface area (Å²) in [6.07, 6.45) is 1.45. The number of amides is 2. The van der Waals surface area contributed by atoms with Gasteiger partial charge in [0.05, 0.1) is 6.04 Å². The monoisotopic (exact) mass is 339 g/mol. The van der Waals surface area contributed by atoms with E-state index in [0.717, 1.165) is 17.7 Å². The molecule has 0 bridgehead atoms. The first kappa shape index (κ1) is 19.5. The predicted octanol–water partition coefficient (Wildman–Crippen LogP) is 2.01. The number of nitrogens with one attached hydrogen (secondary N) is 1. The van der Waals surface area contributed by atoms with E-state index < -0.39 is 12.1 Å². The third kappa shape index (κ3) is 4.45. The van der Waals surface area contributed by atoms with Crippen LogP contribution in [0.5, 0.6) is 0 Å². The van der Waals surface area contributed by atoms with Crippen molar-refractivity contribution in [2.75, 3.05) is 11.4 Å². The van der Waals surface area contributed by atoms with Crippen molar-refractivity contribution in [3.8, 4) is 0 Å². The first-order valence-electron chi connectivity index (χ1n) is 7.88. The van der Waals surface area contributed by atoms with Crippen molar-refractivity contribution in [2.24, 2.45) is 11.7 Å². The van der Waals surface area contributed by atoms with Crippen molar-refractivity contribution >= 4 is 29.9 Å². The van der Waals surface area contributed by atoms with Crippen molar-refractivity contribution in [2.45, 2.75) is 45.7 Å². The zero-order valence-electron chi connectivity index (χ0n) is 13.9. The molecule has 2 amide bonds. The second-order valence-corrected chi connectivity index (χ2v) is 6.09. The highest BCUT2D eigenvalue weighted by atomic mass is 35.5. The van der Waals surface area contributed by atoms with Gasteiger partial charge in [0.15, 0.2) is 0 Å². The van der Waals surface area contributed by atoms with Crippen LogP contribution in [0, 0.1) is 12.8 Å². The van der Waals surface area contributed by atoms with Crippen LogP contribution in [0.2, 0.25) is 0 Å². The first-order chi connectivity index (χ1) is 10.4. The average molecular weight is 340 g/mol. The largest absolute Gasteiger partial charge is 0.343 e. The van der Waals surface area contributed by atoms with E-state index in [-0.39, 0.29) is 30.1 Å². The Morgan fingerprint density at radius 2 is 2.00 bits per heavy atom. The molecule has 5 nitrogen and oxygen atoms in total. The van der Waals surface area contributed by atoms with Crippen molar-refractivity contribution in [3.63, 3.8) is 0 Å². The number of aryl methyl sites for hydroxylation is 1. The molecule has 128 valence electrons. The van der Waals surface area contributed by atoms with Crippen molar-refractivity contribution in [1.82, 2.24) is 5.32 Å². The van der Waals surface area contributed by atoms with Gasteiger partial charge in [-0.25, -0.2) is 0 Å². The van der Waals surface area contributed by atoms with E-state index in [2.05, 4.69) is 5.32 Å². The maximum absolute atomic E-state index is 12.5. The molecule has 2 rings (SSSR count). The van der Waals surface area contributed by atoms with Gasteiger partial charge in [0.1, 0.15) is 6.04 Å². The highest BCUT2D eigenvalue weighted by Gasteiger charge is 2.34. The molecule has 1 aromatic rings. The van der Waals surface area contributed by atoms with Crippen LogP contribution < -0.4 is 16.0 Å². The van der Waals surface area contributed by atoms with E-state index >= 15 is 0 Å². The van der Waals surface area contributed by atoms with Crippen molar-refractivity contribution < 1.29 is 9.59 Å². The maximum atomic E-state index is 12.5.